The number of nitrogens with one attached hydrogen (secondary N) is 3. The zero-order chi connectivity index (χ0) is 24.3. The van der Waals surface area contributed by atoms with Crippen LogP contribution in [0.5, 0.6) is 0 Å². The Kier molecular flexibility index (Phi) is 4.82. The van der Waals surface area contributed by atoms with Crippen molar-refractivity contribution in [2.24, 2.45) is 11.8 Å². The van der Waals surface area contributed by atoms with Crippen LogP contribution in [0.15, 0.2) is 73.1 Å². The van der Waals surface area contributed by atoms with Crippen LogP contribution in [0, 0.1) is 11.8 Å². The fraction of sp³-hybridized carbons (Fsp3) is 0.310. The lowest BCUT2D eigenvalue weighted by Gasteiger charge is -2.23. The topological polar surface area (TPSA) is 90.2 Å². The van der Waals surface area contributed by atoms with Crippen molar-refractivity contribution in [3.8, 4) is 0 Å². The second kappa shape index (κ2) is 8.10. The SMILES string of the molecule is O=C(NCCc1c[nH]c2ccccc12)[C@H]1[C@H]2C=C[C@]3(CN(CCc4c[nH]c5ccccc45)C(=O)[C@@H]13)O2. The maximum absolute atomic E-state index is 13.5. The first-order valence-corrected chi connectivity index (χ1v) is 12.7. The number of hydrogen-bond acceptors (Lipinski definition) is 3. The zero-order valence-corrected chi connectivity index (χ0v) is 19.9. The Morgan fingerprint density at radius 3 is 2.39 bits per heavy atom. The van der Waals surface area contributed by atoms with E-state index in [-0.39, 0.29) is 17.9 Å². The van der Waals surface area contributed by atoms with Gasteiger partial charge >= 0.3 is 0 Å². The van der Waals surface area contributed by atoms with Crippen LogP contribution in [-0.4, -0.2) is 58.0 Å². The summed E-state index contributed by atoms with van der Waals surface area (Å²) in [4.78, 5) is 35.3. The van der Waals surface area contributed by atoms with Gasteiger partial charge in [-0.05, 0) is 36.1 Å². The van der Waals surface area contributed by atoms with Crippen LogP contribution in [-0.2, 0) is 27.2 Å². The Bertz CT molecular complexity index is 1520. The number of para-hydroxylation sites is 2. The summed E-state index contributed by atoms with van der Waals surface area (Å²) in [5.74, 6) is -1.01. The highest BCUT2D eigenvalue weighted by molar-refractivity contribution is 5.93. The molecule has 182 valence electrons. The highest BCUT2D eigenvalue weighted by atomic mass is 16.5. The lowest BCUT2D eigenvalue weighted by atomic mass is 9.77. The highest BCUT2D eigenvalue weighted by Gasteiger charge is 2.66. The molecule has 7 rings (SSSR count). The van der Waals surface area contributed by atoms with Crippen LogP contribution < -0.4 is 5.32 Å². The molecule has 4 aromatic rings. The number of aromatic amines is 2. The molecule has 2 aromatic carbocycles. The normalized spacial score (nSPS) is 26.4. The van der Waals surface area contributed by atoms with Gasteiger partial charge in [-0.3, -0.25) is 9.59 Å². The number of H-pyrrole nitrogens is 2. The molecule has 36 heavy (non-hydrogen) atoms. The first kappa shape index (κ1) is 21.4. The quantitative estimate of drug-likeness (QED) is 0.355. The van der Waals surface area contributed by atoms with Gasteiger partial charge < -0.3 is 24.9 Å². The van der Waals surface area contributed by atoms with Gasteiger partial charge in [0.05, 0.1) is 24.5 Å². The third-order valence-electron chi connectivity index (χ3n) is 8.18. The predicted octanol–water partition coefficient (Wildman–Crippen LogP) is 3.33. The number of rotatable bonds is 7. The maximum atomic E-state index is 13.5. The van der Waals surface area contributed by atoms with Gasteiger partial charge in [-0.1, -0.05) is 48.6 Å². The molecule has 0 aliphatic carbocycles. The summed E-state index contributed by atoms with van der Waals surface area (Å²) < 4.78 is 6.29. The second-order valence-electron chi connectivity index (χ2n) is 10.2. The van der Waals surface area contributed by atoms with E-state index in [0.29, 0.717) is 19.6 Å². The van der Waals surface area contributed by atoms with Crippen molar-refractivity contribution in [1.82, 2.24) is 20.2 Å². The summed E-state index contributed by atoms with van der Waals surface area (Å²) in [5, 5.41) is 5.45. The van der Waals surface area contributed by atoms with E-state index in [1.807, 2.05) is 59.8 Å². The third-order valence-corrected chi connectivity index (χ3v) is 8.18. The molecular formula is C29H28N4O3. The minimum atomic E-state index is -0.680. The Morgan fingerprint density at radius 1 is 1.00 bits per heavy atom. The van der Waals surface area contributed by atoms with Crippen molar-refractivity contribution >= 4 is 33.6 Å². The van der Waals surface area contributed by atoms with Crippen LogP contribution in [0.2, 0.25) is 0 Å². The van der Waals surface area contributed by atoms with E-state index >= 15 is 0 Å². The summed E-state index contributed by atoms with van der Waals surface area (Å²) in [6, 6.07) is 16.4. The number of likely N-dealkylation sites (tertiary alicyclic amines) is 1. The molecule has 2 fully saturated rings. The van der Waals surface area contributed by atoms with E-state index in [2.05, 4.69) is 33.5 Å². The Balaban J connectivity index is 1.03. The molecule has 2 bridgehead atoms. The van der Waals surface area contributed by atoms with Crippen LogP contribution in [0.4, 0.5) is 0 Å². The first-order valence-electron chi connectivity index (χ1n) is 12.7. The van der Waals surface area contributed by atoms with Crippen molar-refractivity contribution in [3.05, 3.63) is 84.2 Å². The van der Waals surface area contributed by atoms with Crippen LogP contribution in [0.1, 0.15) is 11.1 Å². The first-order chi connectivity index (χ1) is 17.6. The summed E-state index contributed by atoms with van der Waals surface area (Å²) in [7, 11) is 0. The minimum absolute atomic E-state index is 0.0264. The van der Waals surface area contributed by atoms with E-state index in [9.17, 15) is 9.59 Å². The molecule has 3 N–H and O–H groups in total. The largest absolute Gasteiger partial charge is 0.361 e. The molecule has 5 heterocycles. The van der Waals surface area contributed by atoms with Crippen molar-refractivity contribution in [2.75, 3.05) is 19.6 Å². The van der Waals surface area contributed by atoms with Crippen molar-refractivity contribution in [2.45, 2.75) is 24.5 Å². The van der Waals surface area contributed by atoms with Gasteiger partial charge in [-0.2, -0.15) is 0 Å². The van der Waals surface area contributed by atoms with Crippen molar-refractivity contribution < 1.29 is 14.3 Å². The number of carbonyl (C=O) groups excluding carboxylic acids is 2. The van der Waals surface area contributed by atoms with Gasteiger partial charge in [0.1, 0.15) is 5.60 Å². The molecule has 7 nitrogen and oxygen atoms in total. The average Bonchev–Trinajstić information content (AvgIpc) is 3.70. The number of amides is 2. The monoisotopic (exact) mass is 480 g/mol. The Morgan fingerprint density at radius 2 is 1.67 bits per heavy atom. The number of ether oxygens (including phenoxy) is 1. The summed E-state index contributed by atoms with van der Waals surface area (Å²) in [5.41, 5.74) is 3.88. The van der Waals surface area contributed by atoms with Crippen LogP contribution >= 0.6 is 0 Å². The lowest BCUT2D eigenvalue weighted by molar-refractivity contribution is -0.137. The van der Waals surface area contributed by atoms with Gasteiger partial charge in [0, 0.05) is 47.3 Å². The number of aromatic nitrogens is 2. The molecule has 1 spiro atoms. The summed E-state index contributed by atoms with van der Waals surface area (Å²) in [6.45, 7) is 1.63. The van der Waals surface area contributed by atoms with Gasteiger partial charge in [-0.15, -0.1) is 0 Å². The number of benzene rings is 2. The standard InChI is InChI=1S/C29H28N4O3/c34-27(30-13-10-18-15-31-22-7-3-1-5-20(18)22)25-24-9-12-29(36-24)17-33(28(35)26(25)29)14-11-19-16-32-23-8-4-2-6-21(19)23/h1-9,12,15-16,24-26,31-32H,10-11,13-14,17H2,(H,30,34)/t24-,25+,26-,29-/m1/s1. The molecule has 2 saturated heterocycles. The lowest BCUT2D eigenvalue weighted by Crippen LogP contribution is -2.44. The van der Waals surface area contributed by atoms with Crippen LogP contribution in [0.3, 0.4) is 0 Å². The van der Waals surface area contributed by atoms with Gasteiger partial charge in [0.2, 0.25) is 11.8 Å². The molecule has 3 aliphatic heterocycles. The predicted molar refractivity (Wildman–Crippen MR) is 137 cm³/mol. The summed E-state index contributed by atoms with van der Waals surface area (Å²) >= 11 is 0. The van der Waals surface area contributed by atoms with E-state index in [1.54, 1.807) is 0 Å². The number of nitrogens with zero attached hydrogens (tertiary/aromatic N) is 1. The van der Waals surface area contributed by atoms with Gasteiger partial charge in [0.15, 0.2) is 0 Å². The van der Waals surface area contributed by atoms with E-state index in [1.165, 1.54) is 21.9 Å². The average molecular weight is 481 g/mol. The molecule has 2 amide bonds. The molecule has 7 heteroatoms. The Labute approximate surface area is 208 Å². The molecule has 4 atom stereocenters. The molecule has 0 unspecified atom stereocenters. The smallest absolute Gasteiger partial charge is 0.230 e. The maximum Gasteiger partial charge on any atom is 0.230 e. The molecule has 0 saturated carbocycles. The number of hydrogen-bond donors (Lipinski definition) is 3. The Hall–Kier alpha value is -3.84. The van der Waals surface area contributed by atoms with Crippen LogP contribution in [0.25, 0.3) is 21.8 Å². The third kappa shape index (κ3) is 3.23. The molecule has 3 aliphatic rings. The molecule has 2 aromatic heterocycles. The van der Waals surface area contributed by atoms with Crippen molar-refractivity contribution in [3.63, 3.8) is 0 Å². The fourth-order valence-corrected chi connectivity index (χ4v) is 6.44. The van der Waals surface area contributed by atoms with E-state index < -0.39 is 17.4 Å². The van der Waals surface area contributed by atoms with Gasteiger partial charge in [-0.25, -0.2) is 0 Å². The molecular weight excluding hydrogens is 452 g/mol. The zero-order valence-electron chi connectivity index (χ0n) is 19.9. The molecule has 0 radical (unpaired) electrons. The highest BCUT2D eigenvalue weighted by Crippen LogP contribution is 2.51. The van der Waals surface area contributed by atoms with Crippen molar-refractivity contribution in [1.29, 1.82) is 0 Å². The number of fused-ring (bicyclic) bond motifs is 3. The second-order valence-corrected chi connectivity index (χ2v) is 10.2. The van der Waals surface area contributed by atoms with E-state index in [4.69, 9.17) is 4.74 Å². The number of carbonyl (C=O) groups is 2. The summed E-state index contributed by atoms with van der Waals surface area (Å²) in [6.07, 6.45) is 9.16. The van der Waals surface area contributed by atoms with Gasteiger partial charge in [0.25, 0.3) is 0 Å². The van der Waals surface area contributed by atoms with E-state index in [0.717, 1.165) is 23.9 Å². The minimum Gasteiger partial charge on any atom is -0.361 e. The fourth-order valence-electron chi connectivity index (χ4n) is 6.44.